The average Bonchev–Trinajstić information content (AvgIpc) is 3.39. The van der Waals surface area contributed by atoms with Crippen molar-refractivity contribution in [2.24, 2.45) is 0 Å². The lowest BCUT2D eigenvalue weighted by molar-refractivity contribution is -0.376. The second-order valence-electron chi connectivity index (χ2n) is 9.40. The van der Waals surface area contributed by atoms with Crippen LogP contribution in [0, 0.1) is 0 Å². The molecule has 1 unspecified atom stereocenters. The molecule has 6 nitrogen and oxygen atoms in total. The molecule has 0 bridgehead atoms. The molecule has 0 spiro atoms. The molecule has 3 heterocycles. The Morgan fingerprint density at radius 1 is 0.864 bits per heavy atom. The highest BCUT2D eigenvalue weighted by Gasteiger charge is 2.71. The van der Waals surface area contributed by atoms with Crippen LogP contribution in [0.25, 0.3) is 21.3 Å². The van der Waals surface area contributed by atoms with E-state index in [4.69, 9.17) is 23.2 Å². The van der Waals surface area contributed by atoms with Gasteiger partial charge in [0.1, 0.15) is 10.0 Å². The van der Waals surface area contributed by atoms with Gasteiger partial charge in [-0.3, -0.25) is 4.98 Å². The Morgan fingerprint density at radius 2 is 1.57 bits per heavy atom. The summed E-state index contributed by atoms with van der Waals surface area (Å²) in [6.07, 6.45) is -10.4. The van der Waals surface area contributed by atoms with E-state index in [9.17, 15) is 39.9 Å². The van der Waals surface area contributed by atoms with Crippen molar-refractivity contribution >= 4 is 54.6 Å². The molecule has 0 saturated carbocycles. The topological polar surface area (TPSA) is 92.2 Å². The zero-order valence-electron chi connectivity index (χ0n) is 21.7. The molecule has 0 aliphatic heterocycles. The minimum Gasteiger partial charge on any atom is -0.369 e. The van der Waals surface area contributed by atoms with Gasteiger partial charge in [-0.1, -0.05) is 59.6 Å². The van der Waals surface area contributed by atoms with E-state index >= 15 is 0 Å². The number of hydrogen-bond acceptors (Lipinski definition) is 6. The van der Waals surface area contributed by atoms with Gasteiger partial charge in [-0.2, -0.15) is 31.1 Å². The van der Waals surface area contributed by atoms with E-state index in [1.165, 1.54) is 24.3 Å². The number of alkyl halides is 6. The zero-order chi connectivity index (χ0) is 32.1. The van der Waals surface area contributed by atoms with Gasteiger partial charge in [0.25, 0.3) is 5.60 Å². The minimum absolute atomic E-state index is 0.0743. The fourth-order valence-electron chi connectivity index (χ4n) is 4.45. The monoisotopic (exact) mass is 691 g/mol. The van der Waals surface area contributed by atoms with E-state index in [1.807, 2.05) is 0 Å². The maximum Gasteiger partial charge on any atom is 0.430 e. The third-order valence-corrected chi connectivity index (χ3v) is 9.85. The summed E-state index contributed by atoms with van der Waals surface area (Å²) < 4.78 is 111. The zero-order valence-corrected chi connectivity index (χ0v) is 24.8. The number of fused-ring (bicyclic) bond motifs is 1. The second kappa shape index (κ2) is 11.6. The van der Waals surface area contributed by atoms with Crippen LogP contribution in [0.15, 0.2) is 90.1 Å². The van der Waals surface area contributed by atoms with E-state index in [1.54, 1.807) is 36.4 Å². The molecular formula is C28H17Cl2F6N3O3S2. The van der Waals surface area contributed by atoms with Crippen molar-refractivity contribution in [3.05, 3.63) is 111 Å². The Morgan fingerprint density at radius 3 is 2.20 bits per heavy atom. The fraction of sp³-hybridized carbons (Fsp3) is 0.143. The molecule has 0 fully saturated rings. The van der Waals surface area contributed by atoms with Crippen molar-refractivity contribution in [2.75, 3.05) is 0 Å². The van der Waals surface area contributed by atoms with Crippen molar-refractivity contribution in [2.45, 2.75) is 28.9 Å². The van der Waals surface area contributed by atoms with Crippen molar-refractivity contribution in [3.8, 4) is 11.3 Å². The van der Waals surface area contributed by atoms with Gasteiger partial charge < -0.3 is 5.11 Å². The summed E-state index contributed by atoms with van der Waals surface area (Å²) in [5.74, 6) is 0. The third-order valence-electron chi connectivity index (χ3n) is 6.62. The van der Waals surface area contributed by atoms with Crippen molar-refractivity contribution in [3.63, 3.8) is 0 Å². The summed E-state index contributed by atoms with van der Waals surface area (Å²) in [4.78, 5) is 7.99. The number of aliphatic hydroxyl groups is 1. The molecule has 2 aromatic carbocycles. The highest BCUT2D eigenvalue weighted by molar-refractivity contribution is 7.89. The standard InChI is InChI=1S/C28H17Cl2F6N3O3S2/c29-20-7-2-1-5-18(20)24(39-44(41,42)17-8-9-23(30)38-14-17)22-12-15-4-3-6-19(25(15)43-22)21-13-16(10-11-37-21)26(40,27(31,32)33)28(34,35)36/h1-14,24,39-40H. The molecule has 0 saturated heterocycles. The third kappa shape index (κ3) is 5.89. The molecule has 5 rings (SSSR count). The Hall–Kier alpha value is -3.27. The van der Waals surface area contributed by atoms with Crippen LogP contribution in [0.2, 0.25) is 10.2 Å². The summed E-state index contributed by atoms with van der Waals surface area (Å²) in [5, 5.41) is 10.7. The van der Waals surface area contributed by atoms with Crippen molar-refractivity contribution in [1.82, 2.24) is 14.7 Å². The summed E-state index contributed by atoms with van der Waals surface area (Å²) in [6, 6.07) is 15.1. The predicted molar refractivity (Wildman–Crippen MR) is 154 cm³/mol. The average molecular weight is 692 g/mol. The highest BCUT2D eigenvalue weighted by atomic mass is 35.5. The van der Waals surface area contributed by atoms with Gasteiger partial charge in [-0.15, -0.1) is 11.3 Å². The number of sulfonamides is 1. The second-order valence-corrected chi connectivity index (χ2v) is 13.0. The van der Waals surface area contributed by atoms with Gasteiger partial charge >= 0.3 is 12.4 Å². The summed E-state index contributed by atoms with van der Waals surface area (Å²) in [7, 11) is -4.22. The quantitative estimate of drug-likeness (QED) is 0.133. The van der Waals surface area contributed by atoms with E-state index in [2.05, 4.69) is 14.7 Å². The molecule has 5 aromatic rings. The Balaban J connectivity index is 1.65. The van der Waals surface area contributed by atoms with Crippen LogP contribution >= 0.6 is 34.5 Å². The lowest BCUT2D eigenvalue weighted by Gasteiger charge is -2.32. The van der Waals surface area contributed by atoms with Crippen molar-refractivity contribution < 1.29 is 39.9 Å². The molecule has 44 heavy (non-hydrogen) atoms. The normalized spacial score (nSPS) is 13.8. The molecular weight excluding hydrogens is 675 g/mol. The first-order valence-corrected chi connectivity index (χ1v) is 15.3. The van der Waals surface area contributed by atoms with Gasteiger partial charge in [-0.05, 0) is 47.3 Å². The molecule has 1 atom stereocenters. The Bertz CT molecular complexity index is 1940. The van der Waals surface area contributed by atoms with Crippen LogP contribution in [-0.4, -0.2) is 35.8 Å². The number of hydrogen-bond donors (Lipinski definition) is 2. The van der Waals surface area contributed by atoms with Crippen LogP contribution in [0.3, 0.4) is 0 Å². The van der Waals surface area contributed by atoms with E-state index < -0.39 is 39.6 Å². The largest absolute Gasteiger partial charge is 0.430 e. The van der Waals surface area contributed by atoms with Gasteiger partial charge in [0.15, 0.2) is 0 Å². The van der Waals surface area contributed by atoms with E-state index in [-0.39, 0.29) is 26.3 Å². The first-order valence-electron chi connectivity index (χ1n) is 12.3. The molecule has 230 valence electrons. The summed E-state index contributed by atoms with van der Waals surface area (Å²) in [5.41, 5.74) is -6.37. The van der Waals surface area contributed by atoms with Crippen LogP contribution in [0.1, 0.15) is 22.0 Å². The van der Waals surface area contributed by atoms with Gasteiger partial charge in [0, 0.05) is 38.1 Å². The smallest absolute Gasteiger partial charge is 0.369 e. The maximum absolute atomic E-state index is 13.6. The maximum atomic E-state index is 13.6. The Labute approximate surface area is 260 Å². The van der Waals surface area contributed by atoms with Crippen molar-refractivity contribution in [1.29, 1.82) is 0 Å². The molecule has 0 aliphatic carbocycles. The number of thiophene rings is 1. The number of aromatic nitrogens is 2. The van der Waals surface area contributed by atoms with Crippen LogP contribution in [-0.2, 0) is 15.6 Å². The highest BCUT2D eigenvalue weighted by Crippen LogP contribution is 2.50. The van der Waals surface area contributed by atoms with Gasteiger partial charge in [0.2, 0.25) is 10.0 Å². The number of pyridine rings is 2. The number of benzene rings is 2. The number of nitrogens with one attached hydrogen (secondary N) is 1. The Kier molecular flexibility index (Phi) is 8.46. The number of halogens is 8. The van der Waals surface area contributed by atoms with E-state index in [0.717, 1.165) is 23.7 Å². The van der Waals surface area contributed by atoms with Gasteiger partial charge in [0.05, 0.1) is 11.7 Å². The number of nitrogens with zero attached hydrogens (tertiary/aromatic N) is 2. The lowest BCUT2D eigenvalue weighted by Crippen LogP contribution is -2.53. The van der Waals surface area contributed by atoms with Gasteiger partial charge in [-0.25, -0.2) is 13.4 Å². The SMILES string of the molecule is O=S(=O)(NC(c1cc2cccc(-c3cc(C(O)(C(F)(F)F)C(F)(F)F)ccn3)c2s1)c1ccccc1Cl)c1ccc(Cl)nc1. The summed E-state index contributed by atoms with van der Waals surface area (Å²) >= 11 is 13.3. The molecule has 3 aromatic heterocycles. The minimum atomic E-state index is -6.08. The van der Waals surface area contributed by atoms with Crippen LogP contribution in [0.5, 0.6) is 0 Å². The fourth-order valence-corrected chi connectivity index (χ4v) is 7.27. The first-order chi connectivity index (χ1) is 20.5. The molecule has 0 radical (unpaired) electrons. The molecule has 2 N–H and O–H groups in total. The van der Waals surface area contributed by atoms with Crippen LogP contribution < -0.4 is 4.72 Å². The molecule has 0 amide bonds. The molecule has 0 aliphatic rings. The number of rotatable bonds is 7. The lowest BCUT2D eigenvalue weighted by atomic mass is 9.91. The predicted octanol–water partition coefficient (Wildman–Crippen LogP) is 8.05. The van der Waals surface area contributed by atoms with E-state index in [0.29, 0.717) is 32.7 Å². The molecule has 16 heteroatoms. The summed E-state index contributed by atoms with van der Waals surface area (Å²) in [6.45, 7) is 0. The first kappa shape index (κ1) is 32.1. The van der Waals surface area contributed by atoms with Crippen LogP contribution in [0.4, 0.5) is 26.3 Å².